The number of hydrogen-bond acceptors (Lipinski definition) is 3. The van der Waals surface area contributed by atoms with Gasteiger partial charge in [-0.05, 0) is 42.5 Å². The van der Waals surface area contributed by atoms with E-state index >= 15 is 0 Å². The predicted molar refractivity (Wildman–Crippen MR) is 100 cm³/mol. The van der Waals surface area contributed by atoms with Gasteiger partial charge in [-0.15, -0.1) is 4.83 Å². The van der Waals surface area contributed by atoms with E-state index in [1.807, 2.05) is 17.0 Å². The lowest BCUT2D eigenvalue weighted by molar-refractivity contribution is 0.0945. The Balaban J connectivity index is 1.81. The van der Waals surface area contributed by atoms with Crippen molar-refractivity contribution in [3.05, 3.63) is 82.6 Å². The highest BCUT2D eigenvalue weighted by atomic mass is 35.5. The normalized spacial score (nSPS) is 11.3. The number of aromatic nitrogens is 1. The number of amides is 1. The van der Waals surface area contributed by atoms with Crippen molar-refractivity contribution in [3.63, 3.8) is 0 Å². The highest BCUT2D eigenvalue weighted by Gasteiger charge is 2.18. The maximum absolute atomic E-state index is 12.5. The molecule has 0 saturated heterocycles. The number of hydrogen-bond donors (Lipinski definition) is 2. The Hall–Kier alpha value is -2.32. The summed E-state index contributed by atoms with van der Waals surface area (Å²) in [6.45, 7) is 0. The molecule has 0 unspecified atom stereocenters. The molecule has 0 saturated carbocycles. The summed E-state index contributed by atoms with van der Waals surface area (Å²) in [5.41, 5.74) is 3.12. The molecule has 6 nitrogen and oxygen atoms in total. The van der Waals surface area contributed by atoms with Gasteiger partial charge in [0.25, 0.3) is 15.9 Å². The number of benzene rings is 2. The summed E-state index contributed by atoms with van der Waals surface area (Å²) in [6.07, 6.45) is 3.56. The minimum atomic E-state index is -4.03. The molecule has 0 fully saturated rings. The fourth-order valence-electron chi connectivity index (χ4n) is 2.31. The van der Waals surface area contributed by atoms with Gasteiger partial charge in [-0.1, -0.05) is 35.3 Å². The van der Waals surface area contributed by atoms with Crippen LogP contribution in [0.5, 0.6) is 0 Å². The molecule has 0 spiro atoms. The smallest absolute Gasteiger partial charge is 0.268 e. The Bertz CT molecular complexity index is 1030. The van der Waals surface area contributed by atoms with Gasteiger partial charge in [0.1, 0.15) is 0 Å². The van der Waals surface area contributed by atoms with E-state index < -0.39 is 15.9 Å². The van der Waals surface area contributed by atoms with Crippen molar-refractivity contribution in [2.75, 3.05) is 0 Å². The van der Waals surface area contributed by atoms with Gasteiger partial charge in [-0.2, -0.15) is 0 Å². The second-order valence-electron chi connectivity index (χ2n) is 5.27. The van der Waals surface area contributed by atoms with Crippen molar-refractivity contribution in [3.8, 4) is 5.69 Å². The first-order valence-electron chi connectivity index (χ1n) is 7.37. The zero-order valence-corrected chi connectivity index (χ0v) is 15.5. The largest absolute Gasteiger partial charge is 0.323 e. The maximum Gasteiger partial charge on any atom is 0.268 e. The molecule has 0 atom stereocenters. The summed E-state index contributed by atoms with van der Waals surface area (Å²) >= 11 is 11.7. The summed E-state index contributed by atoms with van der Waals surface area (Å²) in [6, 6.07) is 14.3. The van der Waals surface area contributed by atoms with Crippen LogP contribution in [0.15, 0.2) is 71.9 Å². The number of para-hydroxylation sites is 1. The van der Waals surface area contributed by atoms with E-state index in [4.69, 9.17) is 23.2 Å². The Morgan fingerprint density at radius 2 is 1.54 bits per heavy atom. The topological polar surface area (TPSA) is 80.2 Å². The standard InChI is InChI=1S/C17H13Cl2N3O3S/c18-12-9-13(19)11-14(10-12)26(24,25)21-20-17(23)15-5-1-2-6-16(15)22-7-3-4-8-22/h1-11,21H,(H,20,23). The lowest BCUT2D eigenvalue weighted by Gasteiger charge is -2.12. The highest BCUT2D eigenvalue weighted by molar-refractivity contribution is 7.89. The predicted octanol–water partition coefficient (Wildman–Crippen LogP) is 3.41. The monoisotopic (exact) mass is 409 g/mol. The van der Waals surface area contributed by atoms with Crippen LogP contribution in [0.25, 0.3) is 5.69 Å². The average molecular weight is 410 g/mol. The van der Waals surface area contributed by atoms with Crippen LogP contribution in [0.1, 0.15) is 10.4 Å². The molecule has 9 heteroatoms. The number of halogens is 2. The molecule has 0 bridgehead atoms. The highest BCUT2D eigenvalue weighted by Crippen LogP contribution is 2.22. The van der Waals surface area contributed by atoms with Gasteiger partial charge in [0, 0.05) is 22.4 Å². The van der Waals surface area contributed by atoms with Crippen molar-refractivity contribution in [1.29, 1.82) is 0 Å². The summed E-state index contributed by atoms with van der Waals surface area (Å²) in [5, 5.41) is 0.337. The van der Waals surface area contributed by atoms with E-state index in [1.165, 1.54) is 18.2 Å². The molecule has 1 amide bonds. The third-order valence-corrected chi connectivity index (χ3v) is 5.14. The molecule has 1 heterocycles. The van der Waals surface area contributed by atoms with Crippen LogP contribution in [0, 0.1) is 0 Å². The van der Waals surface area contributed by atoms with Crippen LogP contribution in [0.2, 0.25) is 10.0 Å². The number of nitrogens with one attached hydrogen (secondary N) is 2. The first-order valence-corrected chi connectivity index (χ1v) is 9.61. The minimum absolute atomic E-state index is 0.158. The number of nitrogens with zero attached hydrogens (tertiary/aromatic N) is 1. The summed E-state index contributed by atoms with van der Waals surface area (Å²) in [4.78, 5) is 14.4. The Morgan fingerprint density at radius 1 is 0.923 bits per heavy atom. The number of carbonyl (C=O) groups is 1. The summed E-state index contributed by atoms with van der Waals surface area (Å²) < 4.78 is 26.4. The molecule has 134 valence electrons. The van der Waals surface area contributed by atoms with Crippen LogP contribution in [-0.4, -0.2) is 18.9 Å². The SMILES string of the molecule is O=C(NNS(=O)(=O)c1cc(Cl)cc(Cl)c1)c1ccccc1-n1cccc1. The Morgan fingerprint density at radius 3 is 2.19 bits per heavy atom. The van der Waals surface area contributed by atoms with Gasteiger partial charge >= 0.3 is 0 Å². The van der Waals surface area contributed by atoms with Crippen LogP contribution in [0.3, 0.4) is 0 Å². The van der Waals surface area contributed by atoms with E-state index in [0.29, 0.717) is 11.3 Å². The van der Waals surface area contributed by atoms with Crippen LogP contribution < -0.4 is 10.3 Å². The molecular formula is C17H13Cl2N3O3S. The van der Waals surface area contributed by atoms with Gasteiger partial charge in [0.15, 0.2) is 0 Å². The summed E-state index contributed by atoms with van der Waals surface area (Å²) in [7, 11) is -4.03. The molecule has 3 aromatic rings. The van der Waals surface area contributed by atoms with Crippen molar-refractivity contribution in [1.82, 2.24) is 14.8 Å². The minimum Gasteiger partial charge on any atom is -0.323 e. The Labute approximate surface area is 160 Å². The molecule has 2 N–H and O–H groups in total. The number of hydrazine groups is 1. The quantitative estimate of drug-likeness (QED) is 0.633. The van der Waals surface area contributed by atoms with E-state index in [9.17, 15) is 13.2 Å². The van der Waals surface area contributed by atoms with E-state index in [2.05, 4.69) is 5.43 Å². The molecule has 0 aliphatic rings. The zero-order chi connectivity index (χ0) is 18.7. The first kappa shape index (κ1) is 18.5. The molecule has 26 heavy (non-hydrogen) atoms. The molecule has 3 rings (SSSR count). The maximum atomic E-state index is 12.5. The molecule has 1 aromatic heterocycles. The first-order chi connectivity index (χ1) is 12.4. The van der Waals surface area contributed by atoms with Crippen molar-refractivity contribution in [2.24, 2.45) is 0 Å². The van der Waals surface area contributed by atoms with E-state index in [-0.39, 0.29) is 14.9 Å². The number of rotatable bonds is 5. The lowest BCUT2D eigenvalue weighted by Crippen LogP contribution is -2.41. The van der Waals surface area contributed by atoms with E-state index in [0.717, 1.165) is 0 Å². The third-order valence-electron chi connectivity index (χ3n) is 3.48. The fraction of sp³-hybridized carbons (Fsp3) is 0. The second kappa shape index (κ2) is 7.51. The van der Waals surface area contributed by atoms with Crippen LogP contribution in [0.4, 0.5) is 0 Å². The second-order valence-corrected chi connectivity index (χ2v) is 7.83. The molecular weight excluding hydrogens is 397 g/mol. The van der Waals surface area contributed by atoms with Gasteiger partial charge in [0.2, 0.25) is 0 Å². The lowest BCUT2D eigenvalue weighted by atomic mass is 10.1. The molecule has 2 aromatic carbocycles. The zero-order valence-electron chi connectivity index (χ0n) is 13.2. The fourth-order valence-corrected chi connectivity index (χ4v) is 3.87. The molecule has 0 radical (unpaired) electrons. The number of carbonyl (C=O) groups excluding carboxylic acids is 1. The van der Waals surface area contributed by atoms with Gasteiger partial charge in [-0.25, -0.2) is 8.42 Å². The van der Waals surface area contributed by atoms with Crippen LogP contribution >= 0.6 is 23.2 Å². The Kier molecular flexibility index (Phi) is 5.33. The number of sulfonamides is 1. The van der Waals surface area contributed by atoms with Gasteiger partial charge < -0.3 is 4.57 Å². The summed E-state index contributed by atoms with van der Waals surface area (Å²) in [5.74, 6) is -0.606. The van der Waals surface area contributed by atoms with Gasteiger partial charge in [-0.3, -0.25) is 10.2 Å². The van der Waals surface area contributed by atoms with Crippen molar-refractivity contribution < 1.29 is 13.2 Å². The average Bonchev–Trinajstić information content (AvgIpc) is 3.13. The van der Waals surface area contributed by atoms with Crippen LogP contribution in [-0.2, 0) is 10.0 Å². The van der Waals surface area contributed by atoms with E-state index in [1.54, 1.807) is 41.2 Å². The molecule has 0 aliphatic heterocycles. The van der Waals surface area contributed by atoms with Gasteiger partial charge in [0.05, 0.1) is 16.1 Å². The third kappa shape index (κ3) is 4.08. The van der Waals surface area contributed by atoms with Crippen molar-refractivity contribution >= 4 is 39.1 Å². The van der Waals surface area contributed by atoms with Crippen molar-refractivity contribution in [2.45, 2.75) is 4.90 Å². The molecule has 0 aliphatic carbocycles.